The van der Waals surface area contributed by atoms with Gasteiger partial charge in [-0.3, -0.25) is 24.5 Å². The monoisotopic (exact) mass is 419 g/mol. The molecule has 3 heterocycles. The highest BCUT2D eigenvalue weighted by molar-refractivity contribution is 6.10. The minimum Gasteiger partial charge on any atom is -0.495 e. The number of para-hydroxylation sites is 1. The quantitative estimate of drug-likeness (QED) is 0.764. The average molecular weight is 419 g/mol. The Labute approximate surface area is 178 Å². The first-order chi connectivity index (χ1) is 15.0. The summed E-state index contributed by atoms with van der Waals surface area (Å²) in [5, 5.41) is 2.30. The molecule has 0 aliphatic carbocycles. The maximum absolute atomic E-state index is 13.3. The summed E-state index contributed by atoms with van der Waals surface area (Å²) in [6.07, 6.45) is 1.27. The molecule has 4 amide bonds. The van der Waals surface area contributed by atoms with Crippen LogP contribution in [0.15, 0.2) is 36.4 Å². The zero-order valence-electron chi connectivity index (χ0n) is 17.0. The van der Waals surface area contributed by atoms with E-state index in [9.17, 15) is 19.2 Å². The van der Waals surface area contributed by atoms with Crippen LogP contribution >= 0.6 is 0 Å². The zero-order valence-corrected chi connectivity index (χ0v) is 17.0. The van der Waals surface area contributed by atoms with E-state index in [1.807, 2.05) is 18.2 Å². The summed E-state index contributed by atoms with van der Waals surface area (Å²) < 4.78 is 5.45. The van der Waals surface area contributed by atoms with E-state index < -0.39 is 11.9 Å². The summed E-state index contributed by atoms with van der Waals surface area (Å²) in [6, 6.07) is 10.1. The van der Waals surface area contributed by atoms with Gasteiger partial charge in [0.1, 0.15) is 11.8 Å². The lowest BCUT2D eigenvalue weighted by molar-refractivity contribution is -0.136. The van der Waals surface area contributed by atoms with Crippen LogP contribution in [0.1, 0.15) is 44.7 Å². The SMILES string of the molecule is COc1cccc2c1N(C(=O)c1ccc3c(c1)CN(C1CCC(=O)NC1=O)C3=O)CC2. The molecule has 0 aromatic heterocycles. The van der Waals surface area contributed by atoms with Gasteiger partial charge < -0.3 is 14.5 Å². The third-order valence-electron chi connectivity index (χ3n) is 6.19. The van der Waals surface area contributed by atoms with Crippen molar-refractivity contribution in [2.45, 2.75) is 31.8 Å². The normalized spacial score (nSPS) is 19.9. The molecule has 31 heavy (non-hydrogen) atoms. The van der Waals surface area contributed by atoms with Gasteiger partial charge in [-0.1, -0.05) is 12.1 Å². The van der Waals surface area contributed by atoms with Crippen LogP contribution in [-0.2, 0) is 22.6 Å². The molecule has 1 saturated heterocycles. The molecule has 5 rings (SSSR count). The van der Waals surface area contributed by atoms with Gasteiger partial charge in [-0.15, -0.1) is 0 Å². The molecule has 2 aromatic rings. The summed E-state index contributed by atoms with van der Waals surface area (Å²) in [4.78, 5) is 53.0. The second-order valence-corrected chi connectivity index (χ2v) is 7.95. The van der Waals surface area contributed by atoms with Crippen LogP contribution in [0.2, 0.25) is 0 Å². The minimum absolute atomic E-state index is 0.155. The van der Waals surface area contributed by atoms with Gasteiger partial charge in [0.2, 0.25) is 11.8 Å². The molecule has 1 fully saturated rings. The van der Waals surface area contributed by atoms with Crippen molar-refractivity contribution in [1.82, 2.24) is 10.2 Å². The Balaban J connectivity index is 1.41. The summed E-state index contributed by atoms with van der Waals surface area (Å²) in [7, 11) is 1.58. The Morgan fingerprint density at radius 2 is 1.94 bits per heavy atom. The fourth-order valence-electron chi connectivity index (χ4n) is 4.65. The number of amides is 4. The van der Waals surface area contributed by atoms with E-state index in [1.165, 1.54) is 4.90 Å². The Morgan fingerprint density at radius 1 is 1.10 bits per heavy atom. The highest BCUT2D eigenvalue weighted by Crippen LogP contribution is 2.38. The molecule has 1 unspecified atom stereocenters. The first-order valence-corrected chi connectivity index (χ1v) is 10.2. The smallest absolute Gasteiger partial charge is 0.258 e. The van der Waals surface area contributed by atoms with Crippen molar-refractivity contribution < 1.29 is 23.9 Å². The number of carbonyl (C=O) groups is 4. The second-order valence-electron chi connectivity index (χ2n) is 7.95. The number of hydrogen-bond donors (Lipinski definition) is 1. The number of ether oxygens (including phenoxy) is 1. The van der Waals surface area contributed by atoms with Crippen LogP contribution in [0, 0.1) is 0 Å². The van der Waals surface area contributed by atoms with Crippen molar-refractivity contribution in [3.05, 3.63) is 58.7 Å². The molecule has 8 heteroatoms. The number of anilines is 1. The average Bonchev–Trinajstić information content (AvgIpc) is 3.34. The van der Waals surface area contributed by atoms with E-state index in [1.54, 1.807) is 30.2 Å². The van der Waals surface area contributed by atoms with Crippen molar-refractivity contribution in [1.29, 1.82) is 0 Å². The van der Waals surface area contributed by atoms with E-state index >= 15 is 0 Å². The van der Waals surface area contributed by atoms with E-state index in [0.717, 1.165) is 17.7 Å². The number of fused-ring (bicyclic) bond motifs is 2. The number of hydrogen-bond acceptors (Lipinski definition) is 5. The molecule has 8 nitrogen and oxygen atoms in total. The van der Waals surface area contributed by atoms with Crippen molar-refractivity contribution >= 4 is 29.3 Å². The highest BCUT2D eigenvalue weighted by Gasteiger charge is 2.39. The molecule has 0 radical (unpaired) electrons. The Hall–Kier alpha value is -3.68. The summed E-state index contributed by atoms with van der Waals surface area (Å²) in [5.74, 6) is -0.521. The third kappa shape index (κ3) is 3.06. The largest absolute Gasteiger partial charge is 0.495 e. The van der Waals surface area contributed by atoms with Crippen LogP contribution in [0.3, 0.4) is 0 Å². The van der Waals surface area contributed by atoms with E-state index in [2.05, 4.69) is 5.32 Å². The summed E-state index contributed by atoms with van der Waals surface area (Å²) >= 11 is 0. The minimum atomic E-state index is -0.675. The number of carbonyl (C=O) groups excluding carboxylic acids is 4. The lowest BCUT2D eigenvalue weighted by atomic mass is 10.0. The Bertz CT molecular complexity index is 1140. The fourth-order valence-corrected chi connectivity index (χ4v) is 4.65. The zero-order chi connectivity index (χ0) is 21.7. The number of nitrogens with zero attached hydrogens (tertiary/aromatic N) is 2. The number of piperidine rings is 1. The lowest BCUT2D eigenvalue weighted by Crippen LogP contribution is -2.52. The molecule has 3 aliphatic heterocycles. The number of rotatable bonds is 3. The summed E-state index contributed by atoms with van der Waals surface area (Å²) in [6.45, 7) is 0.800. The van der Waals surface area contributed by atoms with Crippen LogP contribution in [0.4, 0.5) is 5.69 Å². The standard InChI is InChI=1S/C23H21N3O5/c1-31-18-4-2-3-13-9-10-25(20(13)18)22(29)14-5-6-16-15(11-14)12-26(23(16)30)17-7-8-19(27)24-21(17)28/h2-6,11,17H,7-10,12H2,1H3,(H,24,27,28). The maximum Gasteiger partial charge on any atom is 0.258 e. The molecular formula is C23H21N3O5. The lowest BCUT2D eigenvalue weighted by Gasteiger charge is -2.29. The first kappa shape index (κ1) is 19.3. The molecule has 3 aliphatic rings. The van der Waals surface area contributed by atoms with Crippen LogP contribution in [0.5, 0.6) is 5.75 Å². The first-order valence-electron chi connectivity index (χ1n) is 10.2. The Morgan fingerprint density at radius 3 is 2.71 bits per heavy atom. The second kappa shape index (κ2) is 7.23. The van der Waals surface area contributed by atoms with Crippen molar-refractivity contribution in [2.24, 2.45) is 0 Å². The van der Waals surface area contributed by atoms with Gasteiger partial charge in [0.05, 0.1) is 12.8 Å². The van der Waals surface area contributed by atoms with E-state index in [4.69, 9.17) is 4.74 Å². The van der Waals surface area contributed by atoms with Gasteiger partial charge in [-0.05, 0) is 48.2 Å². The predicted molar refractivity (Wildman–Crippen MR) is 111 cm³/mol. The van der Waals surface area contributed by atoms with Crippen LogP contribution in [0.25, 0.3) is 0 Å². The third-order valence-corrected chi connectivity index (χ3v) is 6.19. The molecule has 0 spiro atoms. The molecule has 158 valence electrons. The number of imide groups is 1. The number of benzene rings is 2. The topological polar surface area (TPSA) is 96.0 Å². The van der Waals surface area contributed by atoms with Gasteiger partial charge in [0, 0.05) is 30.6 Å². The molecule has 0 saturated carbocycles. The predicted octanol–water partition coefficient (Wildman–Crippen LogP) is 1.66. The maximum atomic E-state index is 13.3. The van der Waals surface area contributed by atoms with Crippen molar-refractivity contribution in [3.63, 3.8) is 0 Å². The van der Waals surface area contributed by atoms with Gasteiger partial charge in [0.25, 0.3) is 11.8 Å². The fraction of sp³-hybridized carbons (Fsp3) is 0.304. The van der Waals surface area contributed by atoms with Crippen LogP contribution < -0.4 is 15.0 Å². The number of methoxy groups -OCH3 is 1. The van der Waals surface area contributed by atoms with Crippen LogP contribution in [-0.4, -0.2) is 48.2 Å². The van der Waals surface area contributed by atoms with Gasteiger partial charge in [0.15, 0.2) is 0 Å². The molecular weight excluding hydrogens is 398 g/mol. The van der Waals surface area contributed by atoms with Gasteiger partial charge in [-0.25, -0.2) is 0 Å². The molecule has 2 aromatic carbocycles. The Kier molecular flexibility index (Phi) is 4.50. The van der Waals surface area contributed by atoms with Gasteiger partial charge in [-0.2, -0.15) is 0 Å². The van der Waals surface area contributed by atoms with Gasteiger partial charge >= 0.3 is 0 Å². The summed E-state index contributed by atoms with van der Waals surface area (Å²) in [5.41, 5.74) is 3.53. The van der Waals surface area contributed by atoms with E-state index in [0.29, 0.717) is 35.4 Å². The van der Waals surface area contributed by atoms with Crippen molar-refractivity contribution in [3.8, 4) is 5.75 Å². The van der Waals surface area contributed by atoms with E-state index in [-0.39, 0.29) is 30.7 Å². The highest BCUT2D eigenvalue weighted by atomic mass is 16.5. The molecule has 1 atom stereocenters. The van der Waals surface area contributed by atoms with Crippen molar-refractivity contribution in [2.75, 3.05) is 18.6 Å². The number of nitrogens with one attached hydrogen (secondary N) is 1. The molecule has 1 N–H and O–H groups in total. The molecule has 0 bridgehead atoms.